The number of carbonyl (C=O) groups is 2. The molecule has 1 saturated heterocycles. The summed E-state index contributed by atoms with van der Waals surface area (Å²) in [7, 11) is 0. The predicted molar refractivity (Wildman–Crippen MR) is 110 cm³/mol. The summed E-state index contributed by atoms with van der Waals surface area (Å²) in [5.41, 5.74) is 4.40. The van der Waals surface area contributed by atoms with Gasteiger partial charge in [0, 0.05) is 37.3 Å². The standard InChI is InChI=1S/C23H29N3O2/c1-16-21-19(10-5-11-20(21)27)25-22(16)23(28)24-13-18-9-6-12-26(15-18)14-17-7-3-2-4-8-17/h2-4,7-8,18,25H,5-6,9-15H2,1H3,(H,24,28). The van der Waals surface area contributed by atoms with Crippen LogP contribution < -0.4 is 5.32 Å². The first-order valence-electron chi connectivity index (χ1n) is 10.4. The van der Waals surface area contributed by atoms with E-state index >= 15 is 0 Å². The molecule has 148 valence electrons. The predicted octanol–water partition coefficient (Wildman–Crippen LogP) is 3.48. The van der Waals surface area contributed by atoms with Gasteiger partial charge in [-0.3, -0.25) is 14.5 Å². The van der Waals surface area contributed by atoms with Crippen LogP contribution in [0.25, 0.3) is 0 Å². The minimum absolute atomic E-state index is 0.0834. The van der Waals surface area contributed by atoms with Gasteiger partial charge in [-0.2, -0.15) is 0 Å². The number of nitrogens with zero attached hydrogens (tertiary/aromatic N) is 1. The Kier molecular flexibility index (Phi) is 5.62. The number of aromatic amines is 1. The Labute approximate surface area is 166 Å². The van der Waals surface area contributed by atoms with Crippen molar-refractivity contribution in [3.63, 3.8) is 0 Å². The van der Waals surface area contributed by atoms with E-state index in [1.165, 1.54) is 5.56 Å². The lowest BCUT2D eigenvalue weighted by Crippen LogP contribution is -2.40. The van der Waals surface area contributed by atoms with Crippen LogP contribution in [0.15, 0.2) is 30.3 Å². The highest BCUT2D eigenvalue weighted by molar-refractivity contribution is 6.04. The fraction of sp³-hybridized carbons (Fsp3) is 0.478. The first-order chi connectivity index (χ1) is 13.6. The number of piperidine rings is 1. The molecule has 1 unspecified atom stereocenters. The highest BCUT2D eigenvalue weighted by Crippen LogP contribution is 2.26. The average Bonchev–Trinajstić information content (AvgIpc) is 3.05. The molecule has 0 spiro atoms. The van der Waals surface area contributed by atoms with Crippen molar-refractivity contribution in [1.82, 2.24) is 15.2 Å². The van der Waals surface area contributed by atoms with Gasteiger partial charge in [-0.1, -0.05) is 30.3 Å². The summed E-state index contributed by atoms with van der Waals surface area (Å²) in [6.45, 7) is 5.66. The Morgan fingerprint density at radius 1 is 1.21 bits per heavy atom. The second-order valence-corrected chi connectivity index (χ2v) is 8.19. The van der Waals surface area contributed by atoms with Crippen molar-refractivity contribution in [2.75, 3.05) is 19.6 Å². The molecular formula is C23H29N3O2. The number of benzene rings is 1. The molecule has 0 bridgehead atoms. The van der Waals surface area contributed by atoms with E-state index in [0.29, 0.717) is 24.6 Å². The molecule has 1 aromatic heterocycles. The Morgan fingerprint density at radius 3 is 2.82 bits per heavy atom. The molecule has 0 saturated carbocycles. The summed E-state index contributed by atoms with van der Waals surface area (Å²) < 4.78 is 0. The van der Waals surface area contributed by atoms with Crippen molar-refractivity contribution in [3.8, 4) is 0 Å². The molecule has 2 aromatic rings. The number of hydrogen-bond acceptors (Lipinski definition) is 3. The van der Waals surface area contributed by atoms with Crippen molar-refractivity contribution in [3.05, 3.63) is 58.4 Å². The van der Waals surface area contributed by atoms with E-state index in [1.807, 2.05) is 13.0 Å². The van der Waals surface area contributed by atoms with Gasteiger partial charge in [0.15, 0.2) is 5.78 Å². The molecule has 1 aliphatic heterocycles. The van der Waals surface area contributed by atoms with Gasteiger partial charge in [0.25, 0.3) is 5.91 Å². The van der Waals surface area contributed by atoms with E-state index in [2.05, 4.69) is 39.5 Å². The zero-order valence-electron chi connectivity index (χ0n) is 16.6. The summed E-state index contributed by atoms with van der Waals surface area (Å²) in [6, 6.07) is 10.6. The molecule has 1 atom stereocenters. The van der Waals surface area contributed by atoms with Gasteiger partial charge in [-0.15, -0.1) is 0 Å². The van der Waals surface area contributed by atoms with Crippen LogP contribution in [-0.4, -0.2) is 41.2 Å². The van der Waals surface area contributed by atoms with E-state index in [1.54, 1.807) is 0 Å². The second-order valence-electron chi connectivity index (χ2n) is 8.19. The Balaban J connectivity index is 1.34. The van der Waals surface area contributed by atoms with Gasteiger partial charge in [0.2, 0.25) is 0 Å². The van der Waals surface area contributed by atoms with E-state index < -0.39 is 0 Å². The largest absolute Gasteiger partial charge is 0.354 e. The average molecular weight is 380 g/mol. The van der Waals surface area contributed by atoms with Gasteiger partial charge in [0.05, 0.1) is 0 Å². The fourth-order valence-electron chi connectivity index (χ4n) is 4.63. The van der Waals surface area contributed by atoms with Gasteiger partial charge in [-0.05, 0) is 56.2 Å². The van der Waals surface area contributed by atoms with Crippen molar-refractivity contribution >= 4 is 11.7 Å². The third-order valence-electron chi connectivity index (χ3n) is 6.07. The van der Waals surface area contributed by atoms with E-state index in [9.17, 15) is 9.59 Å². The molecule has 2 aliphatic rings. The second kappa shape index (κ2) is 8.31. The molecule has 28 heavy (non-hydrogen) atoms. The fourth-order valence-corrected chi connectivity index (χ4v) is 4.63. The molecule has 5 heteroatoms. The Bertz CT molecular complexity index is 856. The zero-order chi connectivity index (χ0) is 19.5. The summed E-state index contributed by atoms with van der Waals surface area (Å²) in [5.74, 6) is 0.547. The van der Waals surface area contributed by atoms with Crippen molar-refractivity contribution < 1.29 is 9.59 Å². The van der Waals surface area contributed by atoms with Crippen LogP contribution >= 0.6 is 0 Å². The highest BCUT2D eigenvalue weighted by Gasteiger charge is 2.27. The number of hydrogen-bond donors (Lipinski definition) is 2. The summed E-state index contributed by atoms with van der Waals surface area (Å²) in [5, 5.41) is 3.11. The molecule has 1 aliphatic carbocycles. The van der Waals surface area contributed by atoms with Crippen LogP contribution in [0.5, 0.6) is 0 Å². The first-order valence-corrected chi connectivity index (χ1v) is 10.4. The quantitative estimate of drug-likeness (QED) is 0.836. The highest BCUT2D eigenvalue weighted by atomic mass is 16.2. The number of fused-ring (bicyclic) bond motifs is 1. The third kappa shape index (κ3) is 4.04. The smallest absolute Gasteiger partial charge is 0.268 e. The maximum Gasteiger partial charge on any atom is 0.268 e. The maximum absolute atomic E-state index is 12.7. The lowest BCUT2D eigenvalue weighted by Gasteiger charge is -2.32. The lowest BCUT2D eigenvalue weighted by atomic mass is 9.93. The maximum atomic E-state index is 12.7. The number of H-pyrrole nitrogens is 1. The molecule has 4 rings (SSSR count). The lowest BCUT2D eigenvalue weighted by molar-refractivity contribution is 0.0925. The van der Waals surface area contributed by atoms with E-state index in [-0.39, 0.29) is 11.7 Å². The first kappa shape index (κ1) is 18.9. The van der Waals surface area contributed by atoms with Crippen molar-refractivity contribution in [1.29, 1.82) is 0 Å². The normalized spacial score (nSPS) is 20.0. The summed E-state index contributed by atoms with van der Waals surface area (Å²) >= 11 is 0. The molecular weight excluding hydrogens is 350 g/mol. The number of carbonyl (C=O) groups excluding carboxylic acids is 2. The molecule has 5 nitrogen and oxygen atoms in total. The molecule has 0 radical (unpaired) electrons. The number of Topliss-reactive ketones (excluding diaryl/α,β-unsaturated/α-hetero) is 1. The van der Waals surface area contributed by atoms with E-state index in [0.717, 1.165) is 62.1 Å². The third-order valence-corrected chi connectivity index (χ3v) is 6.07. The molecule has 2 N–H and O–H groups in total. The van der Waals surface area contributed by atoms with Gasteiger partial charge in [-0.25, -0.2) is 0 Å². The minimum Gasteiger partial charge on any atom is -0.354 e. The van der Waals surface area contributed by atoms with E-state index in [4.69, 9.17) is 0 Å². The Hall–Kier alpha value is -2.40. The SMILES string of the molecule is Cc1c(C(=O)NCC2CCCN(Cc3ccccc3)C2)[nH]c2c1C(=O)CCC2. The number of aryl methyl sites for hydroxylation is 1. The van der Waals surface area contributed by atoms with Gasteiger partial charge in [0.1, 0.15) is 5.69 Å². The molecule has 1 fully saturated rings. The number of likely N-dealkylation sites (tertiary alicyclic amines) is 1. The minimum atomic E-state index is -0.0834. The van der Waals surface area contributed by atoms with Crippen molar-refractivity contribution in [2.24, 2.45) is 5.92 Å². The Morgan fingerprint density at radius 2 is 2.04 bits per heavy atom. The number of rotatable bonds is 5. The van der Waals surface area contributed by atoms with Crippen molar-refractivity contribution in [2.45, 2.75) is 45.6 Å². The van der Waals surface area contributed by atoms with Crippen LogP contribution in [0.4, 0.5) is 0 Å². The topological polar surface area (TPSA) is 65.2 Å². The number of amides is 1. The van der Waals surface area contributed by atoms with Gasteiger partial charge >= 0.3 is 0 Å². The van der Waals surface area contributed by atoms with Crippen LogP contribution in [-0.2, 0) is 13.0 Å². The van der Waals surface area contributed by atoms with Crippen LogP contribution in [0.2, 0.25) is 0 Å². The van der Waals surface area contributed by atoms with Crippen LogP contribution in [0, 0.1) is 12.8 Å². The molecule has 1 amide bonds. The van der Waals surface area contributed by atoms with Crippen LogP contribution in [0.1, 0.15) is 63.4 Å². The number of nitrogens with one attached hydrogen (secondary N) is 2. The van der Waals surface area contributed by atoms with Gasteiger partial charge < -0.3 is 10.3 Å². The van der Waals surface area contributed by atoms with Crippen LogP contribution in [0.3, 0.4) is 0 Å². The molecule has 2 heterocycles. The molecule has 1 aromatic carbocycles. The number of aromatic nitrogens is 1. The summed E-state index contributed by atoms with van der Waals surface area (Å²) in [6.07, 6.45) is 4.62. The number of ketones is 1. The zero-order valence-corrected chi connectivity index (χ0v) is 16.6. The monoisotopic (exact) mass is 379 g/mol. The summed E-state index contributed by atoms with van der Waals surface area (Å²) in [4.78, 5) is 30.6.